The van der Waals surface area contributed by atoms with Gasteiger partial charge < -0.3 is 45.5 Å². The van der Waals surface area contributed by atoms with E-state index in [1.165, 1.54) is 0 Å². The number of amides is 1. The number of fused-ring (bicyclic) bond motifs is 6. The van der Waals surface area contributed by atoms with E-state index in [2.05, 4.69) is 44.4 Å². The highest BCUT2D eigenvalue weighted by molar-refractivity contribution is 5.90. The summed E-state index contributed by atoms with van der Waals surface area (Å²) < 4.78 is 5.96. The molecule has 2 aromatic carbocycles. The van der Waals surface area contributed by atoms with Crippen LogP contribution in [0.3, 0.4) is 0 Å². The summed E-state index contributed by atoms with van der Waals surface area (Å²) in [5.74, 6) is -0.667. The fraction of sp³-hybridized carbons (Fsp3) is 0.609. The van der Waals surface area contributed by atoms with Crippen LogP contribution in [-0.4, -0.2) is 142 Å². The van der Waals surface area contributed by atoms with Gasteiger partial charge in [-0.05, 0) is 91.8 Å². The van der Waals surface area contributed by atoms with Gasteiger partial charge in [-0.3, -0.25) is 19.4 Å². The minimum absolute atomic E-state index is 0.00503. The number of aliphatic hydroxyl groups excluding tert-OH is 3. The maximum Gasteiger partial charge on any atom is 0.293 e. The molecule has 10 atom stereocenters. The fourth-order valence-electron chi connectivity index (χ4n) is 13.6. The average Bonchev–Trinajstić information content (AvgIpc) is 3.90. The third-order valence-electron chi connectivity index (χ3n) is 15.9. The molecule has 2 saturated heterocycles. The second kappa shape index (κ2) is 14.7. The van der Waals surface area contributed by atoms with Gasteiger partial charge in [-0.1, -0.05) is 50.3 Å². The minimum atomic E-state index is -2.26. The first kappa shape index (κ1) is 40.6. The molecular formula is C46H61N5O8. The molecule has 2 bridgehead atoms. The summed E-state index contributed by atoms with van der Waals surface area (Å²) >= 11 is 0. The Hall–Kier alpha value is -3.82. The van der Waals surface area contributed by atoms with Crippen LogP contribution in [0.1, 0.15) is 80.3 Å². The van der Waals surface area contributed by atoms with E-state index in [-0.39, 0.29) is 38.3 Å². The van der Waals surface area contributed by atoms with Crippen LogP contribution in [0.25, 0.3) is 10.9 Å². The van der Waals surface area contributed by atoms with Crippen LogP contribution in [0.15, 0.2) is 48.6 Å². The molecule has 13 heteroatoms. The maximum absolute atomic E-state index is 14.6. The number of anilines is 1. The Balaban J connectivity index is 1.32. The minimum Gasteiger partial charge on any atom is -0.467 e. The molecule has 5 aliphatic heterocycles. The number of ether oxygens (including phenoxy) is 1. The Morgan fingerprint density at radius 2 is 1.88 bits per heavy atom. The highest BCUT2D eigenvalue weighted by Gasteiger charge is 2.78. The summed E-state index contributed by atoms with van der Waals surface area (Å²) in [5, 5.41) is 62.8. The lowest BCUT2D eigenvalue weighted by Gasteiger charge is -2.63. The van der Waals surface area contributed by atoms with Crippen molar-refractivity contribution >= 4 is 29.0 Å². The molecule has 318 valence electrons. The van der Waals surface area contributed by atoms with Crippen LogP contribution in [0.2, 0.25) is 0 Å². The number of aromatic amines is 1. The van der Waals surface area contributed by atoms with E-state index in [4.69, 9.17) is 4.74 Å². The Bertz CT molecular complexity index is 2160. The lowest BCUT2D eigenvalue weighted by molar-refractivity contribution is -0.203. The Morgan fingerprint density at radius 3 is 2.63 bits per heavy atom. The largest absolute Gasteiger partial charge is 0.467 e. The van der Waals surface area contributed by atoms with Crippen LogP contribution in [0.4, 0.5) is 5.69 Å². The molecular weight excluding hydrogens is 751 g/mol. The quantitative estimate of drug-likeness (QED) is 0.0858. The van der Waals surface area contributed by atoms with Crippen molar-refractivity contribution in [3.05, 3.63) is 76.5 Å². The fourth-order valence-corrected chi connectivity index (χ4v) is 13.6. The second-order valence-corrected chi connectivity index (χ2v) is 18.7. The number of aromatic nitrogens is 1. The molecule has 0 radical (unpaired) electrons. The van der Waals surface area contributed by atoms with Crippen LogP contribution in [-0.2, 0) is 38.2 Å². The molecule has 1 amide bonds. The number of nitrogens with one attached hydrogen (secondary N) is 2. The van der Waals surface area contributed by atoms with Crippen molar-refractivity contribution in [2.75, 3.05) is 64.4 Å². The highest BCUT2D eigenvalue weighted by Crippen LogP contribution is 2.67. The molecule has 6 heterocycles. The van der Waals surface area contributed by atoms with E-state index in [9.17, 15) is 35.1 Å². The molecule has 1 aliphatic carbocycles. The van der Waals surface area contributed by atoms with E-state index >= 15 is 0 Å². The molecule has 59 heavy (non-hydrogen) atoms. The van der Waals surface area contributed by atoms with E-state index in [0.717, 1.165) is 52.1 Å². The van der Waals surface area contributed by atoms with Gasteiger partial charge in [0.25, 0.3) is 12.4 Å². The maximum atomic E-state index is 14.6. The molecule has 7 N–H and O–H groups in total. The normalized spacial score (nSPS) is 37.2. The van der Waals surface area contributed by atoms with Crippen LogP contribution in [0.5, 0.6) is 0 Å². The van der Waals surface area contributed by atoms with Crippen molar-refractivity contribution in [3.63, 3.8) is 0 Å². The van der Waals surface area contributed by atoms with Gasteiger partial charge in [0.15, 0.2) is 5.60 Å². The molecule has 1 aromatic heterocycles. The van der Waals surface area contributed by atoms with Gasteiger partial charge >= 0.3 is 0 Å². The Kier molecular flexibility index (Phi) is 10.1. The zero-order valence-corrected chi connectivity index (χ0v) is 34.6. The molecule has 9 rings (SSSR count). The van der Waals surface area contributed by atoms with Crippen LogP contribution >= 0.6 is 0 Å². The van der Waals surface area contributed by atoms with Gasteiger partial charge in [0.1, 0.15) is 12.7 Å². The zero-order valence-electron chi connectivity index (χ0n) is 34.6. The summed E-state index contributed by atoms with van der Waals surface area (Å²) in [5.41, 5.74) is 0.190. The van der Waals surface area contributed by atoms with E-state index in [0.29, 0.717) is 76.6 Å². The first-order valence-electron chi connectivity index (χ1n) is 21.7. The number of piperidine rings is 1. The summed E-state index contributed by atoms with van der Waals surface area (Å²) in [6, 6.07) is 11.3. The summed E-state index contributed by atoms with van der Waals surface area (Å²) in [6.07, 6.45) is 6.42. The number of benzene rings is 2. The smallest absolute Gasteiger partial charge is 0.293 e. The number of hydrogen-bond donors (Lipinski definition) is 7. The molecule has 13 nitrogen and oxygen atoms in total. The lowest BCUT2D eigenvalue weighted by Crippen LogP contribution is -2.81. The number of hydrogen-bond acceptors (Lipinski definition) is 11. The first-order valence-corrected chi connectivity index (χ1v) is 21.7. The number of para-hydroxylation sites is 1. The molecule has 3 aromatic rings. The van der Waals surface area contributed by atoms with Crippen molar-refractivity contribution in [1.82, 2.24) is 20.1 Å². The van der Waals surface area contributed by atoms with Gasteiger partial charge in [0.2, 0.25) is 0 Å². The third-order valence-corrected chi connectivity index (χ3v) is 15.9. The summed E-state index contributed by atoms with van der Waals surface area (Å²) in [7, 11) is 1.88. The second-order valence-electron chi connectivity index (χ2n) is 18.7. The molecule has 1 spiro atoms. The number of aliphatic hydroxyl groups is 5. The summed E-state index contributed by atoms with van der Waals surface area (Å²) in [4.78, 5) is 37.5. The van der Waals surface area contributed by atoms with Crippen molar-refractivity contribution in [2.24, 2.45) is 11.3 Å². The highest BCUT2D eigenvalue weighted by atomic mass is 16.5. The average molecular weight is 812 g/mol. The predicted molar refractivity (Wildman–Crippen MR) is 223 cm³/mol. The van der Waals surface area contributed by atoms with Gasteiger partial charge in [-0.15, -0.1) is 0 Å². The van der Waals surface area contributed by atoms with Crippen molar-refractivity contribution in [3.8, 4) is 0 Å². The Labute approximate surface area is 346 Å². The first-order chi connectivity index (χ1) is 28.4. The summed E-state index contributed by atoms with van der Waals surface area (Å²) in [6.45, 7) is 7.67. The van der Waals surface area contributed by atoms with Crippen molar-refractivity contribution < 1.29 is 39.9 Å². The molecule has 3 unspecified atom stereocenters. The SMILES string of the molecule is CCC1(O)C[C@H]2C[N@](CCc3c([nH]c4ccccc34)[C@@](COC=O)(c3cc4c(cc3CO)N(C)C3[C@]45CCN4CC=C[C@](CC)(C45)[C@@H](O)[C@]3(O)C(=O)NCCCO)C2)C1. The molecule has 3 fully saturated rings. The van der Waals surface area contributed by atoms with E-state index in [1.807, 2.05) is 50.1 Å². The molecule has 6 aliphatic rings. The Morgan fingerprint density at radius 1 is 1.07 bits per heavy atom. The number of likely N-dealkylation sites (N-methyl/N-ethyl adjacent to an activating group) is 1. The standard InChI is InChI=1S/C46H61N5O8/c1-4-42(57)22-29-23-44(27-59-28-54,37-32(12-17-50(24-29)26-42)31-10-6-7-11-35(31)48-37)33-21-34-36(20-30(33)25-53)49(3)39-45(34)14-18-51-16-8-13-43(5-2,38(45)51)40(55)46(39,58)41(56)47-15-9-19-52/h6-8,10-11,13,20-21,28-29,38-40,48,52-53,55,57-58H,4-5,9,12,14-19,22-27H2,1-3H3,(H,47,56)/t29-,38?,39?,40-,42?,43-,44+,45-,46+/m1/s1. The number of carbonyl (C=O) groups excluding carboxylic acids is 2. The number of nitrogens with zero attached hydrogens (tertiary/aromatic N) is 3. The molecule has 1 saturated carbocycles. The monoisotopic (exact) mass is 811 g/mol. The lowest BCUT2D eigenvalue weighted by atomic mass is 9.47. The number of carbonyl (C=O) groups is 2. The topological polar surface area (TPSA) is 182 Å². The van der Waals surface area contributed by atoms with Gasteiger partial charge in [0, 0.05) is 85.5 Å². The van der Waals surface area contributed by atoms with Crippen LogP contribution < -0.4 is 10.2 Å². The third kappa shape index (κ3) is 5.61. The number of rotatable bonds is 11. The van der Waals surface area contributed by atoms with Gasteiger partial charge in [-0.25, -0.2) is 0 Å². The zero-order chi connectivity index (χ0) is 41.5. The van der Waals surface area contributed by atoms with Crippen molar-refractivity contribution in [1.29, 1.82) is 0 Å². The number of H-pyrrole nitrogens is 1. The van der Waals surface area contributed by atoms with Crippen molar-refractivity contribution in [2.45, 2.75) is 106 Å². The van der Waals surface area contributed by atoms with E-state index < -0.39 is 45.5 Å². The predicted octanol–water partition coefficient (Wildman–Crippen LogP) is 2.23. The van der Waals surface area contributed by atoms with Gasteiger partial charge in [-0.2, -0.15) is 0 Å². The van der Waals surface area contributed by atoms with Gasteiger partial charge in [0.05, 0.1) is 23.7 Å². The van der Waals surface area contributed by atoms with Crippen LogP contribution in [0, 0.1) is 11.3 Å². The van der Waals surface area contributed by atoms with E-state index in [1.54, 1.807) is 0 Å².